The summed E-state index contributed by atoms with van der Waals surface area (Å²) in [6.45, 7) is 3.58. The highest BCUT2D eigenvalue weighted by Crippen LogP contribution is 2.32. The first-order valence-electron chi connectivity index (χ1n) is 6.90. The van der Waals surface area contributed by atoms with Crippen LogP contribution in [-0.2, 0) is 6.42 Å². The van der Waals surface area contributed by atoms with Crippen LogP contribution in [0, 0.1) is 0 Å². The summed E-state index contributed by atoms with van der Waals surface area (Å²) < 4.78 is 5.34. The largest absolute Gasteiger partial charge is 0.497 e. The Morgan fingerprint density at radius 3 is 2.94 bits per heavy atom. The first-order valence-corrected chi connectivity index (χ1v) is 6.90. The fourth-order valence-electron chi connectivity index (χ4n) is 3.21. The monoisotopic (exact) mass is 246 g/mol. The molecule has 1 aromatic carbocycles. The highest BCUT2D eigenvalue weighted by atomic mass is 16.5. The molecule has 0 aliphatic carbocycles. The molecule has 1 atom stereocenters. The van der Waals surface area contributed by atoms with E-state index in [-0.39, 0.29) is 0 Å². The van der Waals surface area contributed by atoms with Crippen molar-refractivity contribution < 1.29 is 4.74 Å². The first kappa shape index (κ1) is 11.8. The van der Waals surface area contributed by atoms with Crippen molar-refractivity contribution in [1.82, 2.24) is 4.90 Å². The van der Waals surface area contributed by atoms with Gasteiger partial charge in [0.15, 0.2) is 0 Å². The summed E-state index contributed by atoms with van der Waals surface area (Å²) >= 11 is 0. The number of ether oxygens (including phenoxy) is 1. The summed E-state index contributed by atoms with van der Waals surface area (Å²) in [7, 11) is 3.99. The van der Waals surface area contributed by atoms with Crippen LogP contribution in [0.5, 0.6) is 5.75 Å². The van der Waals surface area contributed by atoms with Crippen LogP contribution in [0.1, 0.15) is 18.4 Å². The average Bonchev–Trinajstić information content (AvgIpc) is 2.97. The Labute approximate surface area is 109 Å². The summed E-state index contributed by atoms with van der Waals surface area (Å²) in [4.78, 5) is 5.03. The fraction of sp³-hybridized carbons (Fsp3) is 0.600. The zero-order valence-electron chi connectivity index (χ0n) is 11.4. The first-order chi connectivity index (χ1) is 8.78. The van der Waals surface area contributed by atoms with Gasteiger partial charge in [0.1, 0.15) is 5.75 Å². The molecule has 3 nitrogen and oxygen atoms in total. The van der Waals surface area contributed by atoms with Crippen molar-refractivity contribution in [3.05, 3.63) is 23.8 Å². The van der Waals surface area contributed by atoms with E-state index in [0.717, 1.165) is 24.9 Å². The van der Waals surface area contributed by atoms with Gasteiger partial charge in [-0.3, -0.25) is 0 Å². The number of benzene rings is 1. The molecular weight excluding hydrogens is 224 g/mol. The zero-order valence-corrected chi connectivity index (χ0v) is 11.4. The number of rotatable bonds is 3. The van der Waals surface area contributed by atoms with Crippen LogP contribution in [0.15, 0.2) is 18.2 Å². The van der Waals surface area contributed by atoms with E-state index >= 15 is 0 Å². The Morgan fingerprint density at radius 2 is 2.22 bits per heavy atom. The molecule has 2 aliphatic rings. The molecule has 0 amide bonds. The molecule has 3 heteroatoms. The molecule has 2 aliphatic heterocycles. The maximum atomic E-state index is 5.34. The molecule has 0 N–H and O–H groups in total. The van der Waals surface area contributed by atoms with Crippen LogP contribution in [0.2, 0.25) is 0 Å². The molecule has 1 saturated heterocycles. The van der Waals surface area contributed by atoms with E-state index in [0.29, 0.717) is 0 Å². The van der Waals surface area contributed by atoms with E-state index in [1.807, 2.05) is 0 Å². The summed E-state index contributed by atoms with van der Waals surface area (Å²) in [5, 5.41) is 0. The summed E-state index contributed by atoms with van der Waals surface area (Å²) in [6.07, 6.45) is 3.86. The molecule has 0 radical (unpaired) electrons. The quantitative estimate of drug-likeness (QED) is 0.813. The highest BCUT2D eigenvalue weighted by Gasteiger charge is 2.27. The topological polar surface area (TPSA) is 15.7 Å². The normalized spacial score (nSPS) is 23.4. The Kier molecular flexibility index (Phi) is 3.16. The lowest BCUT2D eigenvalue weighted by molar-refractivity contribution is 0.312. The molecule has 0 saturated carbocycles. The van der Waals surface area contributed by atoms with Gasteiger partial charge in [-0.25, -0.2) is 0 Å². The highest BCUT2D eigenvalue weighted by molar-refractivity contribution is 5.61. The minimum Gasteiger partial charge on any atom is -0.497 e. The van der Waals surface area contributed by atoms with E-state index < -0.39 is 0 Å². The minimum atomic E-state index is 0.724. The van der Waals surface area contributed by atoms with Crippen molar-refractivity contribution in [3.8, 4) is 5.75 Å². The molecule has 0 aromatic heterocycles. The van der Waals surface area contributed by atoms with E-state index in [1.54, 1.807) is 7.11 Å². The van der Waals surface area contributed by atoms with Crippen molar-refractivity contribution in [2.24, 2.45) is 0 Å². The van der Waals surface area contributed by atoms with Gasteiger partial charge in [-0.15, -0.1) is 0 Å². The number of hydrogen-bond donors (Lipinski definition) is 0. The lowest BCUT2D eigenvalue weighted by Gasteiger charge is -2.27. The van der Waals surface area contributed by atoms with Gasteiger partial charge in [-0.2, -0.15) is 0 Å². The second-order valence-corrected chi connectivity index (χ2v) is 5.47. The van der Waals surface area contributed by atoms with Gasteiger partial charge in [-0.05, 0) is 44.5 Å². The maximum Gasteiger partial charge on any atom is 0.120 e. The van der Waals surface area contributed by atoms with Crippen LogP contribution < -0.4 is 9.64 Å². The standard InChI is InChI=1S/C15H22N2O/c1-16-8-3-4-13(16)11-17-9-7-12-5-6-14(18-2)10-15(12)17/h5-6,10,13H,3-4,7-9,11H2,1-2H3/t13-/m1/s1. The zero-order chi connectivity index (χ0) is 12.5. The number of likely N-dealkylation sites (N-methyl/N-ethyl adjacent to an activating group) is 1. The fourth-order valence-corrected chi connectivity index (χ4v) is 3.21. The van der Waals surface area contributed by atoms with E-state index in [4.69, 9.17) is 4.74 Å². The number of hydrogen-bond acceptors (Lipinski definition) is 3. The van der Waals surface area contributed by atoms with Gasteiger partial charge >= 0.3 is 0 Å². The second kappa shape index (κ2) is 4.81. The van der Waals surface area contributed by atoms with Crippen LogP contribution in [0.25, 0.3) is 0 Å². The lowest BCUT2D eigenvalue weighted by atomic mass is 10.1. The molecule has 3 rings (SSSR count). The molecular formula is C15H22N2O. The predicted molar refractivity (Wildman–Crippen MR) is 74.6 cm³/mol. The molecule has 98 valence electrons. The van der Waals surface area contributed by atoms with Crippen LogP contribution >= 0.6 is 0 Å². The molecule has 0 unspecified atom stereocenters. The van der Waals surface area contributed by atoms with Crippen molar-refractivity contribution >= 4 is 5.69 Å². The third-order valence-corrected chi connectivity index (χ3v) is 4.39. The van der Waals surface area contributed by atoms with E-state index in [1.165, 1.54) is 37.1 Å². The van der Waals surface area contributed by atoms with Crippen molar-refractivity contribution in [2.75, 3.05) is 38.7 Å². The predicted octanol–water partition coefficient (Wildman–Crippen LogP) is 2.15. The average molecular weight is 246 g/mol. The second-order valence-electron chi connectivity index (χ2n) is 5.47. The number of fused-ring (bicyclic) bond motifs is 1. The molecule has 1 fully saturated rings. The molecule has 0 bridgehead atoms. The van der Waals surface area contributed by atoms with Gasteiger partial charge in [0.25, 0.3) is 0 Å². The van der Waals surface area contributed by atoms with Crippen LogP contribution in [0.3, 0.4) is 0 Å². The minimum absolute atomic E-state index is 0.724. The third kappa shape index (κ3) is 2.07. The number of methoxy groups -OCH3 is 1. The smallest absolute Gasteiger partial charge is 0.120 e. The van der Waals surface area contributed by atoms with Gasteiger partial charge in [0.05, 0.1) is 7.11 Å². The van der Waals surface area contributed by atoms with E-state index in [9.17, 15) is 0 Å². The Hall–Kier alpha value is -1.22. The lowest BCUT2D eigenvalue weighted by Crippen LogP contribution is -2.37. The van der Waals surface area contributed by atoms with E-state index in [2.05, 4.69) is 35.0 Å². The summed E-state index contributed by atoms with van der Waals surface area (Å²) in [6, 6.07) is 7.20. The third-order valence-electron chi connectivity index (χ3n) is 4.39. The Balaban J connectivity index is 1.76. The summed E-state index contributed by atoms with van der Waals surface area (Å²) in [5.74, 6) is 0.973. The molecule has 1 aromatic rings. The maximum absolute atomic E-state index is 5.34. The number of likely N-dealkylation sites (tertiary alicyclic amines) is 1. The molecule has 0 spiro atoms. The number of nitrogens with zero attached hydrogens (tertiary/aromatic N) is 2. The SMILES string of the molecule is COc1ccc2c(c1)N(C[C@H]1CCCN1C)CC2. The van der Waals surface area contributed by atoms with Crippen molar-refractivity contribution in [1.29, 1.82) is 0 Å². The molecule has 2 heterocycles. The van der Waals surface area contributed by atoms with Crippen LogP contribution in [0.4, 0.5) is 5.69 Å². The van der Waals surface area contributed by atoms with Gasteiger partial charge in [0.2, 0.25) is 0 Å². The van der Waals surface area contributed by atoms with Gasteiger partial charge in [-0.1, -0.05) is 6.07 Å². The van der Waals surface area contributed by atoms with Crippen LogP contribution in [-0.4, -0.2) is 44.7 Å². The van der Waals surface area contributed by atoms with Crippen molar-refractivity contribution in [2.45, 2.75) is 25.3 Å². The Bertz CT molecular complexity index is 433. The van der Waals surface area contributed by atoms with Crippen molar-refractivity contribution in [3.63, 3.8) is 0 Å². The van der Waals surface area contributed by atoms with Gasteiger partial charge < -0.3 is 14.5 Å². The van der Waals surface area contributed by atoms with Gasteiger partial charge in [0, 0.05) is 30.9 Å². The Morgan fingerprint density at radius 1 is 1.33 bits per heavy atom. The number of anilines is 1. The summed E-state index contributed by atoms with van der Waals surface area (Å²) in [5.41, 5.74) is 2.85. The molecule has 18 heavy (non-hydrogen) atoms.